The molecule has 5 rings (SSSR count). The van der Waals surface area contributed by atoms with Gasteiger partial charge in [-0.05, 0) is 64.8 Å². The SMILES string of the molecule is C1=CN2C(=NC3=C(CCC/C3=C\c3cccs3)C2c2cccs2)S1. The third-order valence-corrected chi connectivity index (χ3v) is 7.12. The molecule has 1 atom stereocenters. The van der Waals surface area contributed by atoms with Crippen LogP contribution in [0.3, 0.4) is 0 Å². The molecule has 1 unspecified atom stereocenters. The molecule has 2 aliphatic heterocycles. The summed E-state index contributed by atoms with van der Waals surface area (Å²) in [4.78, 5) is 10.1. The van der Waals surface area contributed by atoms with Crippen molar-refractivity contribution >= 4 is 45.7 Å². The monoisotopic (exact) mass is 368 g/mol. The van der Waals surface area contributed by atoms with Crippen molar-refractivity contribution in [1.29, 1.82) is 0 Å². The topological polar surface area (TPSA) is 15.6 Å². The van der Waals surface area contributed by atoms with Crippen LogP contribution < -0.4 is 0 Å². The Hall–Kier alpha value is -1.56. The Morgan fingerprint density at radius 1 is 1.12 bits per heavy atom. The van der Waals surface area contributed by atoms with Gasteiger partial charge in [0, 0.05) is 16.0 Å². The molecule has 0 aromatic carbocycles. The second-order valence-electron chi connectivity index (χ2n) is 6.04. The third kappa shape index (κ3) is 2.42. The largest absolute Gasteiger partial charge is 0.315 e. The molecule has 2 aromatic rings. The smallest absolute Gasteiger partial charge is 0.173 e. The molecule has 2 aromatic heterocycles. The van der Waals surface area contributed by atoms with Crippen LogP contribution in [0, 0.1) is 0 Å². The number of rotatable bonds is 2. The molecule has 0 saturated heterocycles. The van der Waals surface area contributed by atoms with Crippen molar-refractivity contribution in [2.45, 2.75) is 25.3 Å². The first-order valence-electron chi connectivity index (χ1n) is 8.11. The molecule has 0 saturated carbocycles. The Labute approximate surface area is 153 Å². The van der Waals surface area contributed by atoms with Crippen LogP contribution in [0.4, 0.5) is 0 Å². The average molecular weight is 369 g/mol. The van der Waals surface area contributed by atoms with E-state index in [1.165, 1.54) is 33.0 Å². The van der Waals surface area contributed by atoms with Crippen LogP contribution in [0.5, 0.6) is 0 Å². The second-order valence-corrected chi connectivity index (χ2v) is 8.87. The normalized spacial score (nSPS) is 24.3. The van der Waals surface area contributed by atoms with E-state index in [2.05, 4.69) is 57.6 Å². The summed E-state index contributed by atoms with van der Waals surface area (Å²) in [6, 6.07) is 9.05. The summed E-state index contributed by atoms with van der Waals surface area (Å²) in [5.74, 6) is 0. The van der Waals surface area contributed by atoms with E-state index in [0.717, 1.165) is 18.0 Å². The van der Waals surface area contributed by atoms with Gasteiger partial charge in [-0.2, -0.15) is 0 Å². The van der Waals surface area contributed by atoms with Crippen LogP contribution in [0.25, 0.3) is 6.08 Å². The van der Waals surface area contributed by atoms with E-state index in [1.807, 2.05) is 11.3 Å². The van der Waals surface area contributed by atoms with Gasteiger partial charge in [-0.3, -0.25) is 0 Å². The zero-order valence-electron chi connectivity index (χ0n) is 13.0. The number of thioether (sulfide) groups is 1. The number of aliphatic imine (C=N–C) groups is 1. The first-order valence-corrected chi connectivity index (χ1v) is 10.8. The lowest BCUT2D eigenvalue weighted by atomic mass is 9.85. The molecular formula is C19H16N2S3. The minimum absolute atomic E-state index is 0.325. The van der Waals surface area contributed by atoms with E-state index < -0.39 is 0 Å². The summed E-state index contributed by atoms with van der Waals surface area (Å²) >= 11 is 5.38. The summed E-state index contributed by atoms with van der Waals surface area (Å²) in [5, 5.41) is 7.59. The fourth-order valence-corrected chi connectivity index (χ4v) is 5.87. The Bertz CT molecular complexity index is 870. The zero-order chi connectivity index (χ0) is 15.9. The number of amidine groups is 1. The van der Waals surface area contributed by atoms with Crippen molar-refractivity contribution in [2.75, 3.05) is 0 Å². The summed E-state index contributed by atoms with van der Waals surface area (Å²) in [6.45, 7) is 0. The molecular weight excluding hydrogens is 352 g/mol. The van der Waals surface area contributed by atoms with Crippen molar-refractivity contribution in [1.82, 2.24) is 4.90 Å². The van der Waals surface area contributed by atoms with Crippen molar-refractivity contribution in [3.63, 3.8) is 0 Å². The average Bonchev–Trinajstić information content (AvgIpc) is 3.35. The number of hydrogen-bond acceptors (Lipinski definition) is 5. The molecule has 0 amide bonds. The molecule has 5 heteroatoms. The van der Waals surface area contributed by atoms with Crippen LogP contribution in [0.1, 0.15) is 35.1 Å². The standard InChI is InChI=1S/C19H16N2S3/c1-4-13(12-14-5-2-9-22-14)17-15(6-1)18(16-7-3-10-23-16)21-8-11-24-19(21)20-17/h2-3,5,7-12,18H,1,4,6H2/b13-12+. The Balaban J connectivity index is 1.65. The van der Waals surface area contributed by atoms with Gasteiger partial charge in [-0.25, -0.2) is 4.99 Å². The van der Waals surface area contributed by atoms with Crippen molar-refractivity contribution < 1.29 is 0 Å². The molecule has 2 nitrogen and oxygen atoms in total. The van der Waals surface area contributed by atoms with Gasteiger partial charge in [-0.1, -0.05) is 23.9 Å². The van der Waals surface area contributed by atoms with Gasteiger partial charge in [0.25, 0.3) is 0 Å². The fourth-order valence-electron chi connectivity index (χ4n) is 3.59. The maximum absolute atomic E-state index is 5.05. The molecule has 120 valence electrons. The van der Waals surface area contributed by atoms with Crippen molar-refractivity contribution in [3.05, 3.63) is 73.2 Å². The number of fused-ring (bicyclic) bond motifs is 1. The van der Waals surface area contributed by atoms with Crippen molar-refractivity contribution in [2.24, 2.45) is 4.99 Å². The van der Waals surface area contributed by atoms with E-state index in [-0.39, 0.29) is 0 Å². The van der Waals surface area contributed by atoms with Gasteiger partial charge in [0.15, 0.2) is 5.17 Å². The second kappa shape index (κ2) is 6.06. The quantitative estimate of drug-likeness (QED) is 0.621. The van der Waals surface area contributed by atoms with Gasteiger partial charge in [0.05, 0.1) is 11.7 Å². The highest BCUT2D eigenvalue weighted by molar-refractivity contribution is 8.16. The van der Waals surface area contributed by atoms with E-state index in [4.69, 9.17) is 4.99 Å². The minimum Gasteiger partial charge on any atom is -0.315 e. The van der Waals surface area contributed by atoms with Crippen LogP contribution in [0.15, 0.2) is 68.5 Å². The first-order chi connectivity index (χ1) is 11.9. The Morgan fingerprint density at radius 3 is 2.88 bits per heavy atom. The summed E-state index contributed by atoms with van der Waals surface area (Å²) in [5.41, 5.74) is 4.14. The molecule has 0 spiro atoms. The Kier molecular flexibility index (Phi) is 3.73. The fraction of sp³-hybridized carbons (Fsp3) is 0.211. The van der Waals surface area contributed by atoms with Crippen molar-refractivity contribution in [3.8, 4) is 0 Å². The van der Waals surface area contributed by atoms with Crippen LogP contribution >= 0.6 is 34.4 Å². The van der Waals surface area contributed by atoms with Crippen LogP contribution in [-0.2, 0) is 0 Å². The predicted molar refractivity (Wildman–Crippen MR) is 106 cm³/mol. The number of hydrogen-bond donors (Lipinski definition) is 0. The lowest BCUT2D eigenvalue weighted by Crippen LogP contribution is -2.31. The van der Waals surface area contributed by atoms with E-state index in [9.17, 15) is 0 Å². The molecule has 0 radical (unpaired) electrons. The molecule has 3 aliphatic rings. The third-order valence-electron chi connectivity index (χ3n) is 4.60. The molecule has 0 N–H and O–H groups in total. The van der Waals surface area contributed by atoms with Gasteiger partial charge >= 0.3 is 0 Å². The first kappa shape index (κ1) is 14.8. The van der Waals surface area contributed by atoms with E-state index in [1.54, 1.807) is 23.1 Å². The van der Waals surface area contributed by atoms with Gasteiger partial charge in [0.2, 0.25) is 0 Å². The van der Waals surface area contributed by atoms with Crippen LogP contribution in [0.2, 0.25) is 0 Å². The predicted octanol–water partition coefficient (Wildman–Crippen LogP) is 6.26. The lowest BCUT2D eigenvalue weighted by molar-refractivity contribution is 0.446. The highest BCUT2D eigenvalue weighted by atomic mass is 32.2. The van der Waals surface area contributed by atoms with Gasteiger partial charge < -0.3 is 4.90 Å². The maximum atomic E-state index is 5.05. The minimum atomic E-state index is 0.325. The molecule has 4 heterocycles. The highest BCUT2D eigenvalue weighted by Crippen LogP contribution is 2.48. The lowest BCUT2D eigenvalue weighted by Gasteiger charge is -2.36. The molecule has 1 aliphatic carbocycles. The summed E-state index contributed by atoms with van der Waals surface area (Å²) in [7, 11) is 0. The molecule has 0 bridgehead atoms. The molecule has 0 fully saturated rings. The number of allylic oxidation sites excluding steroid dienone is 1. The van der Waals surface area contributed by atoms with Crippen LogP contribution in [-0.4, -0.2) is 10.1 Å². The van der Waals surface area contributed by atoms with Gasteiger partial charge in [0.1, 0.15) is 0 Å². The number of nitrogens with zero attached hydrogens (tertiary/aromatic N) is 2. The Morgan fingerprint density at radius 2 is 2.04 bits per heavy atom. The maximum Gasteiger partial charge on any atom is 0.173 e. The van der Waals surface area contributed by atoms with E-state index in [0.29, 0.717) is 6.04 Å². The summed E-state index contributed by atoms with van der Waals surface area (Å²) < 4.78 is 0. The van der Waals surface area contributed by atoms with E-state index >= 15 is 0 Å². The molecule has 24 heavy (non-hydrogen) atoms. The van der Waals surface area contributed by atoms with Gasteiger partial charge in [-0.15, -0.1) is 22.7 Å². The number of thiophene rings is 2. The summed E-state index contributed by atoms with van der Waals surface area (Å²) in [6.07, 6.45) is 8.02. The zero-order valence-corrected chi connectivity index (χ0v) is 15.5. The highest BCUT2D eigenvalue weighted by Gasteiger charge is 2.36.